The number of hydrogen-bond donors (Lipinski definition) is 1. The van der Waals surface area contributed by atoms with Crippen molar-refractivity contribution in [2.24, 2.45) is 5.41 Å². The minimum absolute atomic E-state index is 0.0357. The first-order valence-corrected chi connectivity index (χ1v) is 9.62. The van der Waals surface area contributed by atoms with Crippen LogP contribution < -0.4 is 4.46 Å². The van der Waals surface area contributed by atoms with Gasteiger partial charge in [0.15, 0.2) is 0 Å². The summed E-state index contributed by atoms with van der Waals surface area (Å²) < 4.78 is 1.42. The van der Waals surface area contributed by atoms with Crippen molar-refractivity contribution in [1.82, 2.24) is 0 Å². The Morgan fingerprint density at radius 1 is 1.00 bits per heavy atom. The average molecular weight is 359 g/mol. The molecule has 1 aliphatic carbocycles. The molecule has 116 valence electrons. The van der Waals surface area contributed by atoms with Crippen LogP contribution in [0, 0.1) is 5.41 Å². The molecule has 1 saturated carbocycles. The third-order valence-electron chi connectivity index (χ3n) is 4.49. The zero-order valence-electron chi connectivity index (χ0n) is 13.5. The van der Waals surface area contributed by atoms with Crippen molar-refractivity contribution >= 4 is 19.4 Å². The first-order chi connectivity index (χ1) is 10.4. The molecule has 0 radical (unpaired) electrons. The van der Waals surface area contributed by atoms with Gasteiger partial charge < -0.3 is 0 Å². The molecule has 2 aromatic rings. The van der Waals surface area contributed by atoms with Crippen molar-refractivity contribution in [3.05, 3.63) is 66.2 Å². The van der Waals surface area contributed by atoms with Crippen molar-refractivity contribution in [3.63, 3.8) is 0 Å². The van der Waals surface area contributed by atoms with Crippen LogP contribution in [0.5, 0.6) is 0 Å². The van der Waals surface area contributed by atoms with E-state index in [0.29, 0.717) is 5.92 Å². The molecule has 22 heavy (non-hydrogen) atoms. The normalized spacial score (nSPS) is 25.7. The summed E-state index contributed by atoms with van der Waals surface area (Å²) in [5.74, 6) is 0.489. The van der Waals surface area contributed by atoms with Gasteiger partial charge in [-0.1, -0.05) is 0 Å². The summed E-state index contributed by atoms with van der Waals surface area (Å²) in [6.07, 6.45) is 0.829. The molecule has 1 aliphatic rings. The first kappa shape index (κ1) is 15.8. The molecule has 0 amide bonds. The van der Waals surface area contributed by atoms with Gasteiger partial charge in [0.25, 0.3) is 0 Å². The third kappa shape index (κ3) is 3.01. The van der Waals surface area contributed by atoms with Crippen LogP contribution in [0.2, 0.25) is 4.31 Å². The fraction of sp³-hybridized carbons (Fsp3) is 0.400. The predicted molar refractivity (Wildman–Crippen MR) is 93.8 cm³/mol. The van der Waals surface area contributed by atoms with E-state index in [4.69, 9.17) is 0 Å². The van der Waals surface area contributed by atoms with Gasteiger partial charge in [0.1, 0.15) is 0 Å². The summed E-state index contributed by atoms with van der Waals surface area (Å²) >= 11 is 0.279. The molecule has 0 saturated heterocycles. The van der Waals surface area contributed by atoms with Gasteiger partial charge in [-0.2, -0.15) is 0 Å². The summed E-state index contributed by atoms with van der Waals surface area (Å²) in [5.41, 5.74) is 1.30. The Kier molecular flexibility index (Phi) is 4.20. The van der Waals surface area contributed by atoms with Gasteiger partial charge in [-0.05, 0) is 0 Å². The molecular weight excluding hydrogens is 335 g/mol. The summed E-state index contributed by atoms with van der Waals surface area (Å²) in [6.45, 7) is 6.46. The topological polar surface area (TPSA) is 20.2 Å². The Morgan fingerprint density at radius 2 is 1.55 bits per heavy atom. The van der Waals surface area contributed by atoms with Crippen LogP contribution in [0.25, 0.3) is 0 Å². The fourth-order valence-electron chi connectivity index (χ4n) is 3.26. The molecule has 0 bridgehead atoms. The van der Waals surface area contributed by atoms with Gasteiger partial charge >= 0.3 is 140 Å². The van der Waals surface area contributed by atoms with Gasteiger partial charge in [0.05, 0.1) is 0 Å². The van der Waals surface area contributed by atoms with E-state index in [-0.39, 0.29) is 30.8 Å². The second kappa shape index (κ2) is 5.85. The van der Waals surface area contributed by atoms with Gasteiger partial charge in [-0.15, -0.1) is 0 Å². The molecule has 3 rings (SSSR count). The van der Waals surface area contributed by atoms with E-state index >= 15 is 0 Å². The second-order valence-electron chi connectivity index (χ2n) is 7.31. The average Bonchev–Trinajstić information content (AvgIpc) is 3.23. The van der Waals surface area contributed by atoms with Crippen molar-refractivity contribution in [3.8, 4) is 0 Å². The molecule has 0 spiro atoms. The van der Waals surface area contributed by atoms with Crippen molar-refractivity contribution in [2.75, 3.05) is 0 Å². The van der Waals surface area contributed by atoms with Crippen LogP contribution in [0.3, 0.4) is 0 Å². The number of hydrogen-bond acceptors (Lipinski definition) is 1. The molecule has 0 heterocycles. The van der Waals surface area contributed by atoms with Gasteiger partial charge in [-0.25, -0.2) is 0 Å². The number of benzene rings is 2. The number of aliphatic hydroxyl groups excluding tert-OH is 1. The predicted octanol–water partition coefficient (Wildman–Crippen LogP) is 3.77. The molecule has 3 atom stereocenters. The molecule has 2 heteroatoms. The number of aliphatic hydroxyl groups is 1. The molecule has 0 aromatic heterocycles. The summed E-state index contributed by atoms with van der Waals surface area (Å²) in [5, 5.41) is 11.1. The van der Waals surface area contributed by atoms with E-state index in [9.17, 15) is 5.11 Å². The van der Waals surface area contributed by atoms with Crippen LogP contribution in [-0.2, 0) is 0 Å². The summed E-state index contributed by atoms with van der Waals surface area (Å²) in [7, 11) is 0. The van der Waals surface area contributed by atoms with Crippen LogP contribution in [0.4, 0.5) is 0 Å². The van der Waals surface area contributed by atoms with Crippen LogP contribution >= 0.6 is 0 Å². The Hall–Kier alpha value is -1.08. The monoisotopic (exact) mass is 360 g/mol. The Bertz CT molecular complexity index is 617. The minimum atomic E-state index is -0.273. The maximum atomic E-state index is 11.1. The Morgan fingerprint density at radius 3 is 2.09 bits per heavy atom. The fourth-order valence-corrected chi connectivity index (χ4v) is 6.88. The molecule has 1 unspecified atom stereocenters. The zero-order chi connectivity index (χ0) is 15.8. The quantitative estimate of drug-likeness (QED) is 0.824. The SMILES string of the molecule is CC(C)(C)C(O)[C@@]1([Se]c2ccccc2)C[C@@H]1c1ccccc1. The molecule has 1 nitrogen and oxygen atoms in total. The van der Waals surface area contributed by atoms with Crippen LogP contribution in [-0.4, -0.2) is 26.2 Å². The van der Waals surface area contributed by atoms with E-state index in [1.807, 2.05) is 0 Å². The third-order valence-corrected chi connectivity index (χ3v) is 7.77. The standard InChI is InChI=1S/C20H24OSe/c1-19(2,3)18(21)20(22-16-12-8-5-9-13-16)14-17(20)15-10-6-4-7-11-15/h4-13,17-18,21H,14H2,1-3H3/t17-,18?,20-/m1/s1. The molecule has 0 aliphatic heterocycles. The van der Waals surface area contributed by atoms with Crippen molar-refractivity contribution in [2.45, 2.75) is 43.5 Å². The van der Waals surface area contributed by atoms with E-state index in [1.165, 1.54) is 10.0 Å². The number of rotatable bonds is 4. The molecule has 1 N–H and O–H groups in total. The van der Waals surface area contributed by atoms with E-state index in [2.05, 4.69) is 81.4 Å². The zero-order valence-corrected chi connectivity index (χ0v) is 15.2. The first-order valence-electron chi connectivity index (χ1n) is 7.90. The van der Waals surface area contributed by atoms with Crippen molar-refractivity contribution < 1.29 is 5.11 Å². The molecule has 1 fully saturated rings. The van der Waals surface area contributed by atoms with Gasteiger partial charge in [0.2, 0.25) is 0 Å². The summed E-state index contributed by atoms with van der Waals surface area (Å²) in [4.78, 5) is 0. The summed E-state index contributed by atoms with van der Waals surface area (Å²) in [6, 6.07) is 21.4. The van der Waals surface area contributed by atoms with Gasteiger partial charge in [0, 0.05) is 0 Å². The van der Waals surface area contributed by atoms with E-state index < -0.39 is 0 Å². The molecule has 2 aromatic carbocycles. The van der Waals surface area contributed by atoms with Gasteiger partial charge in [-0.3, -0.25) is 0 Å². The maximum absolute atomic E-state index is 11.1. The van der Waals surface area contributed by atoms with Crippen molar-refractivity contribution in [1.29, 1.82) is 0 Å². The van der Waals surface area contributed by atoms with Crippen LogP contribution in [0.1, 0.15) is 38.7 Å². The van der Waals surface area contributed by atoms with E-state index in [0.717, 1.165) is 6.42 Å². The molecular formula is C20H24OSe. The van der Waals surface area contributed by atoms with E-state index in [1.54, 1.807) is 0 Å². The van der Waals surface area contributed by atoms with Crippen LogP contribution in [0.15, 0.2) is 60.7 Å². The Labute approximate surface area is 139 Å². The Balaban J connectivity index is 1.92. The second-order valence-corrected chi connectivity index (χ2v) is 10.3.